The van der Waals surface area contributed by atoms with Gasteiger partial charge in [0, 0.05) is 40.9 Å². The Labute approximate surface area is 151 Å². The molecule has 24 heavy (non-hydrogen) atoms. The average Bonchev–Trinajstić information content (AvgIpc) is 3.00. The molecule has 0 amide bonds. The molecule has 0 aliphatic carbocycles. The van der Waals surface area contributed by atoms with Gasteiger partial charge in [-0.25, -0.2) is 9.97 Å². The van der Waals surface area contributed by atoms with E-state index in [-0.39, 0.29) is 6.61 Å². The number of nitrogens with zero attached hydrogens (tertiary/aromatic N) is 4. The van der Waals surface area contributed by atoms with Crippen LogP contribution in [0.3, 0.4) is 0 Å². The molecule has 0 spiro atoms. The molecule has 0 aliphatic heterocycles. The second kappa shape index (κ2) is 7.65. The summed E-state index contributed by atoms with van der Waals surface area (Å²) in [5, 5.41) is 12.6. The van der Waals surface area contributed by atoms with Crippen molar-refractivity contribution >= 4 is 38.4 Å². The highest BCUT2D eigenvalue weighted by molar-refractivity contribution is 9.10. The second-order valence-corrected chi connectivity index (χ2v) is 6.47. The Kier molecular flexibility index (Phi) is 5.34. The van der Waals surface area contributed by atoms with Crippen LogP contribution in [-0.2, 0) is 6.42 Å². The molecule has 0 radical (unpaired) electrons. The number of ether oxygens (including phenoxy) is 1. The van der Waals surface area contributed by atoms with Crippen LogP contribution in [-0.4, -0.2) is 31.0 Å². The lowest BCUT2D eigenvalue weighted by Gasteiger charge is -2.12. The predicted molar refractivity (Wildman–Crippen MR) is 95.0 cm³/mol. The number of pyridine rings is 2. The van der Waals surface area contributed by atoms with Crippen molar-refractivity contribution in [2.45, 2.75) is 13.3 Å². The van der Waals surface area contributed by atoms with E-state index in [1.165, 1.54) is 11.5 Å². The summed E-state index contributed by atoms with van der Waals surface area (Å²) in [7, 11) is 0. The third-order valence-corrected chi connectivity index (χ3v) is 4.13. The van der Waals surface area contributed by atoms with E-state index in [0.29, 0.717) is 34.7 Å². The molecule has 0 aliphatic rings. The molecule has 3 aromatic rings. The smallest absolute Gasteiger partial charge is 0.208 e. The zero-order valence-electron chi connectivity index (χ0n) is 12.7. The second-order valence-electron chi connectivity index (χ2n) is 4.80. The summed E-state index contributed by atoms with van der Waals surface area (Å²) in [6.07, 6.45) is 3.80. The summed E-state index contributed by atoms with van der Waals surface area (Å²) in [6.45, 7) is 1.89. The number of rotatable bonds is 6. The van der Waals surface area contributed by atoms with Crippen LogP contribution in [0.2, 0.25) is 0 Å². The number of halogens is 1. The van der Waals surface area contributed by atoms with Crippen LogP contribution in [0.25, 0.3) is 0 Å². The van der Waals surface area contributed by atoms with Crippen molar-refractivity contribution in [1.29, 1.82) is 0 Å². The molecule has 0 aromatic carbocycles. The van der Waals surface area contributed by atoms with E-state index in [1.807, 2.05) is 25.1 Å². The molecular weight excluding hydrogens is 394 g/mol. The van der Waals surface area contributed by atoms with Gasteiger partial charge in [-0.05, 0) is 35.0 Å². The predicted octanol–water partition coefficient (Wildman–Crippen LogP) is 3.47. The number of anilines is 2. The number of nitrogens with one attached hydrogen (secondary N) is 1. The fraction of sp³-hybridized carbons (Fsp3) is 0.200. The minimum atomic E-state index is 0.0152. The van der Waals surface area contributed by atoms with Crippen molar-refractivity contribution in [3.8, 4) is 11.5 Å². The maximum Gasteiger partial charge on any atom is 0.208 e. The Hall–Kier alpha value is -2.10. The van der Waals surface area contributed by atoms with Crippen LogP contribution >= 0.6 is 27.5 Å². The number of aliphatic hydroxyl groups excluding tert-OH is 1. The Morgan fingerprint density at radius 2 is 2.21 bits per heavy atom. The van der Waals surface area contributed by atoms with E-state index < -0.39 is 0 Å². The van der Waals surface area contributed by atoms with Gasteiger partial charge < -0.3 is 15.2 Å². The van der Waals surface area contributed by atoms with Gasteiger partial charge in [0.2, 0.25) is 5.13 Å². The Morgan fingerprint density at radius 1 is 1.33 bits per heavy atom. The molecule has 2 N–H and O–H groups in total. The van der Waals surface area contributed by atoms with E-state index in [0.717, 1.165) is 10.2 Å². The largest absolute Gasteiger partial charge is 0.452 e. The number of aryl methyl sites for hydroxylation is 1. The first kappa shape index (κ1) is 16.7. The fourth-order valence-corrected chi connectivity index (χ4v) is 2.82. The average molecular weight is 408 g/mol. The number of hydrogen-bond donors (Lipinski definition) is 2. The minimum Gasteiger partial charge on any atom is -0.452 e. The van der Waals surface area contributed by atoms with Crippen LogP contribution in [0.4, 0.5) is 10.9 Å². The van der Waals surface area contributed by atoms with Crippen LogP contribution in [0.15, 0.2) is 35.1 Å². The van der Waals surface area contributed by atoms with Crippen LogP contribution in [0.1, 0.15) is 11.5 Å². The highest BCUT2D eigenvalue weighted by Crippen LogP contribution is 2.33. The summed E-state index contributed by atoms with van der Waals surface area (Å²) in [5.41, 5.74) is 0.782. The monoisotopic (exact) mass is 407 g/mol. The van der Waals surface area contributed by atoms with Crippen molar-refractivity contribution in [3.63, 3.8) is 0 Å². The van der Waals surface area contributed by atoms with Crippen LogP contribution < -0.4 is 10.1 Å². The van der Waals surface area contributed by atoms with Crippen molar-refractivity contribution in [2.75, 3.05) is 11.9 Å². The molecule has 9 heteroatoms. The van der Waals surface area contributed by atoms with E-state index in [1.54, 1.807) is 12.4 Å². The van der Waals surface area contributed by atoms with Gasteiger partial charge in [0.15, 0.2) is 11.6 Å². The molecule has 3 heterocycles. The summed E-state index contributed by atoms with van der Waals surface area (Å²) < 4.78 is 10.9. The highest BCUT2D eigenvalue weighted by atomic mass is 79.9. The maximum atomic E-state index is 8.94. The summed E-state index contributed by atoms with van der Waals surface area (Å²) in [6, 6.07) is 5.47. The molecule has 0 saturated heterocycles. The molecule has 7 nitrogen and oxygen atoms in total. The van der Waals surface area contributed by atoms with Gasteiger partial charge in [-0.3, -0.25) is 4.98 Å². The van der Waals surface area contributed by atoms with Gasteiger partial charge in [0.25, 0.3) is 0 Å². The summed E-state index contributed by atoms with van der Waals surface area (Å²) in [4.78, 5) is 12.9. The lowest BCUT2D eigenvalue weighted by atomic mass is 10.3. The van der Waals surface area contributed by atoms with Crippen LogP contribution in [0, 0.1) is 6.92 Å². The third kappa shape index (κ3) is 4.05. The van der Waals surface area contributed by atoms with E-state index in [9.17, 15) is 0 Å². The first-order chi connectivity index (χ1) is 11.7. The van der Waals surface area contributed by atoms with Gasteiger partial charge in [-0.1, -0.05) is 0 Å². The Morgan fingerprint density at radius 3 is 3.00 bits per heavy atom. The summed E-state index contributed by atoms with van der Waals surface area (Å²) >= 11 is 4.60. The Bertz CT molecular complexity index is 842. The first-order valence-electron chi connectivity index (χ1n) is 7.11. The maximum absolute atomic E-state index is 8.94. The van der Waals surface area contributed by atoms with Gasteiger partial charge in [-0.15, -0.1) is 0 Å². The third-order valence-electron chi connectivity index (χ3n) is 3.03. The molecular formula is C15H14BrN5O2S. The number of hydrogen-bond acceptors (Lipinski definition) is 8. The normalized spacial score (nSPS) is 10.6. The van der Waals surface area contributed by atoms with Crippen LogP contribution in [0.5, 0.6) is 11.5 Å². The van der Waals surface area contributed by atoms with E-state index in [2.05, 4.69) is 40.6 Å². The van der Waals surface area contributed by atoms with Crippen molar-refractivity contribution < 1.29 is 9.84 Å². The van der Waals surface area contributed by atoms with Gasteiger partial charge in [0.1, 0.15) is 11.6 Å². The lowest BCUT2D eigenvalue weighted by Crippen LogP contribution is -1.99. The first-order valence-corrected chi connectivity index (χ1v) is 8.68. The van der Waals surface area contributed by atoms with Crippen molar-refractivity contribution in [1.82, 2.24) is 19.3 Å². The van der Waals surface area contributed by atoms with Gasteiger partial charge in [-0.2, -0.15) is 4.37 Å². The minimum absolute atomic E-state index is 0.0152. The molecule has 0 saturated carbocycles. The Balaban J connectivity index is 1.86. The van der Waals surface area contributed by atoms with Gasteiger partial charge >= 0.3 is 0 Å². The summed E-state index contributed by atoms with van der Waals surface area (Å²) in [5.74, 6) is 2.30. The zero-order chi connectivity index (χ0) is 16.9. The lowest BCUT2D eigenvalue weighted by molar-refractivity contribution is 0.297. The molecule has 0 unspecified atom stereocenters. The molecule has 0 bridgehead atoms. The standard InChI is InChI=1S/C15H14BrN5O2S/c1-9-11(3-2-5-17-9)23-12-7-10(16)8-18-14(12)20-15-19-13(4-6-22)21-24-15/h2-3,5,7-8,22H,4,6H2,1H3,(H,18,19,20,21). The molecule has 3 aromatic heterocycles. The van der Waals surface area contributed by atoms with Crippen molar-refractivity contribution in [3.05, 3.63) is 46.6 Å². The van der Waals surface area contributed by atoms with E-state index >= 15 is 0 Å². The number of aromatic nitrogens is 4. The molecule has 3 rings (SSSR count). The molecule has 0 fully saturated rings. The quantitative estimate of drug-likeness (QED) is 0.645. The number of aliphatic hydroxyl groups is 1. The molecule has 0 atom stereocenters. The SMILES string of the molecule is Cc1ncccc1Oc1cc(Br)cnc1Nc1nc(CCO)ns1. The van der Waals surface area contributed by atoms with Gasteiger partial charge in [0.05, 0.1) is 12.3 Å². The topological polar surface area (TPSA) is 93.1 Å². The fourth-order valence-electron chi connectivity index (χ4n) is 1.90. The molecule has 124 valence electrons. The highest BCUT2D eigenvalue weighted by Gasteiger charge is 2.12. The van der Waals surface area contributed by atoms with Crippen molar-refractivity contribution in [2.24, 2.45) is 0 Å². The van der Waals surface area contributed by atoms with E-state index in [4.69, 9.17) is 9.84 Å². The zero-order valence-corrected chi connectivity index (χ0v) is 15.1.